The summed E-state index contributed by atoms with van der Waals surface area (Å²) >= 11 is 0. The van der Waals surface area contributed by atoms with E-state index in [0.29, 0.717) is 17.9 Å². The van der Waals surface area contributed by atoms with Crippen LogP contribution in [0.1, 0.15) is 35.6 Å². The Labute approximate surface area is 210 Å². The molecular weight excluding hydrogens is 450 g/mol. The first-order valence-corrected chi connectivity index (χ1v) is 12.1. The van der Waals surface area contributed by atoms with Crippen LogP contribution in [0, 0.1) is 0 Å². The van der Waals surface area contributed by atoms with Crippen molar-refractivity contribution in [3.63, 3.8) is 0 Å². The molecule has 5 rings (SSSR count). The van der Waals surface area contributed by atoms with Crippen LogP contribution in [0.25, 0.3) is 21.8 Å². The normalized spacial score (nSPS) is 11.9. The maximum Gasteiger partial charge on any atom is 0.251 e. The van der Waals surface area contributed by atoms with E-state index in [-0.39, 0.29) is 11.9 Å². The van der Waals surface area contributed by atoms with Gasteiger partial charge >= 0.3 is 0 Å². The first kappa shape index (κ1) is 23.4. The maximum atomic E-state index is 12.9. The number of nitrogens with one attached hydrogen (secondary N) is 1. The number of carbonyl (C=O) groups excluding carboxylic acids is 1. The monoisotopic (exact) mass is 479 g/mol. The van der Waals surface area contributed by atoms with E-state index in [0.717, 1.165) is 41.0 Å². The van der Waals surface area contributed by atoms with Crippen molar-refractivity contribution in [2.24, 2.45) is 0 Å². The topological polar surface area (TPSA) is 65.4 Å². The SMILES string of the molecule is COc1cccc(C(=O)NC(C)c2nc3ccccc3n2CCCOc2cccc3ccccc23)c1. The Hall–Kier alpha value is -4.32. The number of carbonyl (C=O) groups is 1. The summed E-state index contributed by atoms with van der Waals surface area (Å²) in [5.74, 6) is 2.19. The van der Waals surface area contributed by atoms with Gasteiger partial charge < -0.3 is 19.4 Å². The van der Waals surface area contributed by atoms with Crippen LogP contribution in [-0.2, 0) is 6.54 Å². The lowest BCUT2D eigenvalue weighted by Crippen LogP contribution is -2.29. The van der Waals surface area contributed by atoms with Crippen molar-refractivity contribution in [1.82, 2.24) is 14.9 Å². The number of methoxy groups -OCH3 is 1. The number of amides is 1. The van der Waals surface area contributed by atoms with Gasteiger partial charge in [-0.1, -0.05) is 54.6 Å². The third kappa shape index (κ3) is 4.89. The number of nitrogens with zero attached hydrogens (tertiary/aromatic N) is 2. The summed E-state index contributed by atoms with van der Waals surface area (Å²) in [6, 6.07) is 29.3. The molecule has 0 aliphatic heterocycles. The number of imidazole rings is 1. The molecule has 6 heteroatoms. The molecule has 0 radical (unpaired) electrons. The van der Waals surface area contributed by atoms with Crippen LogP contribution in [0.15, 0.2) is 91.0 Å². The second-order valence-electron chi connectivity index (χ2n) is 8.72. The second-order valence-corrected chi connectivity index (χ2v) is 8.72. The number of hydrogen-bond acceptors (Lipinski definition) is 4. The number of aryl methyl sites for hydroxylation is 1. The minimum atomic E-state index is -0.282. The minimum Gasteiger partial charge on any atom is -0.497 e. The van der Waals surface area contributed by atoms with Gasteiger partial charge in [0.25, 0.3) is 5.91 Å². The molecular formula is C30H29N3O3. The van der Waals surface area contributed by atoms with E-state index < -0.39 is 0 Å². The maximum absolute atomic E-state index is 12.9. The van der Waals surface area contributed by atoms with Gasteiger partial charge in [-0.3, -0.25) is 4.79 Å². The van der Waals surface area contributed by atoms with Gasteiger partial charge in [0.1, 0.15) is 17.3 Å². The van der Waals surface area contributed by atoms with Gasteiger partial charge in [0.15, 0.2) is 0 Å². The van der Waals surface area contributed by atoms with Crippen LogP contribution < -0.4 is 14.8 Å². The van der Waals surface area contributed by atoms with Gasteiger partial charge in [0.2, 0.25) is 0 Å². The van der Waals surface area contributed by atoms with Crippen LogP contribution in [0.5, 0.6) is 11.5 Å². The Morgan fingerprint density at radius 3 is 2.64 bits per heavy atom. The van der Waals surface area contributed by atoms with E-state index in [2.05, 4.69) is 34.1 Å². The number of ether oxygens (including phenoxy) is 2. The van der Waals surface area contributed by atoms with Crippen LogP contribution in [0.3, 0.4) is 0 Å². The Morgan fingerprint density at radius 1 is 0.972 bits per heavy atom. The molecule has 1 N–H and O–H groups in total. The third-order valence-corrected chi connectivity index (χ3v) is 6.28. The number of fused-ring (bicyclic) bond motifs is 2. The molecule has 0 aliphatic carbocycles. The zero-order valence-electron chi connectivity index (χ0n) is 20.5. The Morgan fingerprint density at radius 2 is 1.75 bits per heavy atom. The lowest BCUT2D eigenvalue weighted by Gasteiger charge is -2.17. The quantitative estimate of drug-likeness (QED) is 0.257. The number of benzene rings is 4. The van der Waals surface area contributed by atoms with Crippen LogP contribution in [-0.4, -0.2) is 29.2 Å². The first-order chi connectivity index (χ1) is 17.6. The van der Waals surface area contributed by atoms with E-state index in [1.807, 2.05) is 61.5 Å². The van der Waals surface area contributed by atoms with E-state index in [9.17, 15) is 4.79 Å². The van der Waals surface area contributed by atoms with E-state index >= 15 is 0 Å². The molecule has 182 valence electrons. The molecule has 0 saturated carbocycles. The van der Waals surface area contributed by atoms with E-state index in [1.54, 1.807) is 19.2 Å². The summed E-state index contributed by atoms with van der Waals surface area (Å²) in [4.78, 5) is 17.8. The predicted octanol–water partition coefficient (Wildman–Crippen LogP) is 6.16. The fourth-order valence-corrected chi connectivity index (χ4v) is 4.49. The van der Waals surface area contributed by atoms with Crippen molar-refractivity contribution >= 4 is 27.7 Å². The van der Waals surface area contributed by atoms with Crippen molar-refractivity contribution in [3.05, 3.63) is 102 Å². The van der Waals surface area contributed by atoms with Gasteiger partial charge in [0.05, 0.1) is 30.8 Å². The molecule has 4 aromatic carbocycles. The standard InChI is InChI=1S/C30H29N3O3/c1-21(31-30(34)23-12-7-13-24(20-23)35-2)29-32-26-15-5-6-16-27(26)33(29)18-9-19-36-28-17-8-11-22-10-3-4-14-25(22)28/h3-8,10-17,20-21H,9,18-19H2,1-2H3,(H,31,34). The highest BCUT2D eigenvalue weighted by Crippen LogP contribution is 2.26. The van der Waals surface area contributed by atoms with Gasteiger partial charge in [-0.25, -0.2) is 4.98 Å². The molecule has 1 aromatic heterocycles. The molecule has 0 spiro atoms. The second kappa shape index (κ2) is 10.5. The minimum absolute atomic E-state index is 0.167. The molecule has 36 heavy (non-hydrogen) atoms. The zero-order valence-corrected chi connectivity index (χ0v) is 20.5. The van der Waals surface area contributed by atoms with Crippen molar-refractivity contribution in [3.8, 4) is 11.5 Å². The van der Waals surface area contributed by atoms with Gasteiger partial charge in [-0.05, 0) is 55.1 Å². The highest BCUT2D eigenvalue weighted by atomic mass is 16.5. The Bertz CT molecular complexity index is 1500. The lowest BCUT2D eigenvalue weighted by atomic mass is 10.1. The van der Waals surface area contributed by atoms with Crippen molar-refractivity contribution in [2.75, 3.05) is 13.7 Å². The lowest BCUT2D eigenvalue weighted by molar-refractivity contribution is 0.0937. The van der Waals surface area contributed by atoms with Crippen LogP contribution in [0.2, 0.25) is 0 Å². The van der Waals surface area contributed by atoms with Crippen molar-refractivity contribution in [2.45, 2.75) is 25.9 Å². The summed E-state index contributed by atoms with van der Waals surface area (Å²) in [7, 11) is 1.59. The van der Waals surface area contributed by atoms with Crippen molar-refractivity contribution < 1.29 is 14.3 Å². The Balaban J connectivity index is 1.31. The summed E-state index contributed by atoms with van der Waals surface area (Å²) in [6.07, 6.45) is 0.799. The highest BCUT2D eigenvalue weighted by Gasteiger charge is 2.19. The largest absolute Gasteiger partial charge is 0.497 e. The zero-order chi connectivity index (χ0) is 24.9. The molecule has 0 aliphatic rings. The predicted molar refractivity (Wildman–Crippen MR) is 143 cm³/mol. The number of aromatic nitrogens is 2. The van der Waals surface area contributed by atoms with Gasteiger partial charge in [-0.15, -0.1) is 0 Å². The van der Waals surface area contributed by atoms with Gasteiger partial charge in [-0.2, -0.15) is 0 Å². The molecule has 1 atom stereocenters. The third-order valence-electron chi connectivity index (χ3n) is 6.28. The van der Waals surface area contributed by atoms with Gasteiger partial charge in [0, 0.05) is 17.5 Å². The van der Waals surface area contributed by atoms with Crippen LogP contribution >= 0.6 is 0 Å². The molecule has 1 unspecified atom stereocenters. The van der Waals surface area contributed by atoms with Crippen LogP contribution in [0.4, 0.5) is 0 Å². The first-order valence-electron chi connectivity index (χ1n) is 12.1. The number of hydrogen-bond donors (Lipinski definition) is 1. The summed E-state index contributed by atoms with van der Waals surface area (Å²) in [6.45, 7) is 3.26. The highest BCUT2D eigenvalue weighted by molar-refractivity contribution is 5.94. The average Bonchev–Trinajstić information content (AvgIpc) is 3.30. The molecule has 5 aromatic rings. The van der Waals surface area contributed by atoms with E-state index in [4.69, 9.17) is 14.5 Å². The fraction of sp³-hybridized carbons (Fsp3) is 0.200. The molecule has 0 bridgehead atoms. The Kier molecular flexibility index (Phi) is 6.85. The van der Waals surface area contributed by atoms with E-state index in [1.165, 1.54) is 5.39 Å². The molecule has 1 heterocycles. The molecule has 0 saturated heterocycles. The fourth-order valence-electron chi connectivity index (χ4n) is 4.49. The summed E-state index contributed by atoms with van der Waals surface area (Å²) in [5.41, 5.74) is 2.50. The molecule has 6 nitrogen and oxygen atoms in total. The van der Waals surface area contributed by atoms with Crippen molar-refractivity contribution in [1.29, 1.82) is 0 Å². The number of para-hydroxylation sites is 2. The average molecular weight is 480 g/mol. The number of rotatable bonds is 9. The summed E-state index contributed by atoms with van der Waals surface area (Å²) < 4.78 is 13.6. The summed E-state index contributed by atoms with van der Waals surface area (Å²) in [5, 5.41) is 5.37. The molecule has 1 amide bonds. The smallest absolute Gasteiger partial charge is 0.251 e. The molecule has 0 fully saturated rings.